The van der Waals surface area contributed by atoms with Gasteiger partial charge in [-0.2, -0.15) is 0 Å². The Morgan fingerprint density at radius 2 is 1.87 bits per heavy atom. The smallest absolute Gasteiger partial charge is 0.338 e. The van der Waals surface area contributed by atoms with Crippen LogP contribution in [0.2, 0.25) is 0 Å². The third-order valence-electron chi connectivity index (χ3n) is 5.00. The topological polar surface area (TPSA) is 122 Å². The molecule has 0 saturated heterocycles. The van der Waals surface area contributed by atoms with E-state index in [9.17, 15) is 24.8 Å². The molecule has 0 aliphatic carbocycles. The summed E-state index contributed by atoms with van der Waals surface area (Å²) in [7, 11) is 0. The minimum atomic E-state index is -1.84. The number of nitrogens with one attached hydrogen (secondary N) is 1. The van der Waals surface area contributed by atoms with Gasteiger partial charge in [0.25, 0.3) is 11.6 Å². The van der Waals surface area contributed by atoms with Crippen LogP contribution < -0.4 is 10.2 Å². The lowest BCUT2D eigenvalue weighted by atomic mass is 9.84. The summed E-state index contributed by atoms with van der Waals surface area (Å²) >= 11 is 0. The van der Waals surface area contributed by atoms with Gasteiger partial charge in [-0.25, -0.2) is 4.79 Å². The Bertz CT molecular complexity index is 975. The van der Waals surface area contributed by atoms with E-state index < -0.39 is 28.4 Å². The fourth-order valence-electron chi connectivity index (χ4n) is 3.69. The van der Waals surface area contributed by atoms with Gasteiger partial charge in [-0.3, -0.25) is 14.9 Å². The molecule has 0 saturated carbocycles. The number of carbonyl (C=O) groups is 2. The Labute approximate surface area is 173 Å². The van der Waals surface area contributed by atoms with Crippen molar-refractivity contribution in [3.63, 3.8) is 0 Å². The molecule has 3 rings (SSSR count). The molecule has 0 unspecified atom stereocenters. The molecule has 1 amide bonds. The van der Waals surface area contributed by atoms with Crippen molar-refractivity contribution >= 4 is 28.9 Å². The van der Waals surface area contributed by atoms with Crippen molar-refractivity contribution in [1.29, 1.82) is 0 Å². The van der Waals surface area contributed by atoms with Gasteiger partial charge in [0.1, 0.15) is 0 Å². The summed E-state index contributed by atoms with van der Waals surface area (Å²) in [5.74, 6) is -1.46. The predicted octanol–water partition coefficient (Wildman–Crippen LogP) is 2.58. The van der Waals surface area contributed by atoms with Gasteiger partial charge in [0.05, 0.1) is 17.2 Å². The molecule has 2 atom stereocenters. The molecule has 158 valence electrons. The number of aliphatic hydroxyl groups is 1. The third kappa shape index (κ3) is 3.37. The molecule has 2 N–H and O–H groups in total. The Kier molecular flexibility index (Phi) is 5.75. The Balaban J connectivity index is 2.17. The van der Waals surface area contributed by atoms with E-state index in [1.165, 1.54) is 29.2 Å². The van der Waals surface area contributed by atoms with E-state index >= 15 is 0 Å². The van der Waals surface area contributed by atoms with E-state index in [4.69, 9.17) is 4.74 Å². The van der Waals surface area contributed by atoms with Crippen LogP contribution in [0.5, 0.6) is 0 Å². The number of nitrogens with zero attached hydrogens (tertiary/aromatic N) is 2. The zero-order valence-corrected chi connectivity index (χ0v) is 16.9. The number of hydrogen-bond donors (Lipinski definition) is 2. The molecule has 1 aliphatic heterocycles. The van der Waals surface area contributed by atoms with Crippen molar-refractivity contribution < 1.29 is 24.4 Å². The number of ether oxygens (including phenoxy) is 1. The van der Waals surface area contributed by atoms with Crippen LogP contribution in [-0.4, -0.2) is 40.7 Å². The van der Waals surface area contributed by atoms with Gasteiger partial charge >= 0.3 is 5.97 Å². The van der Waals surface area contributed by atoms with Crippen LogP contribution in [0.25, 0.3) is 0 Å². The number of hydrogen-bond acceptors (Lipinski definition) is 7. The Hall–Kier alpha value is -3.46. The van der Waals surface area contributed by atoms with Crippen molar-refractivity contribution in [3.05, 3.63) is 64.2 Å². The van der Waals surface area contributed by atoms with Crippen LogP contribution in [0.15, 0.2) is 48.5 Å². The number of para-hydroxylation sites is 1. The molecule has 0 aromatic heterocycles. The normalized spacial score (nSPS) is 18.8. The molecule has 9 nitrogen and oxygen atoms in total. The summed E-state index contributed by atoms with van der Waals surface area (Å²) in [6.07, 6.45) is -1.84. The average molecular weight is 413 g/mol. The first kappa shape index (κ1) is 21.3. The highest BCUT2D eigenvalue weighted by molar-refractivity contribution is 6.12. The fourth-order valence-corrected chi connectivity index (χ4v) is 3.69. The van der Waals surface area contributed by atoms with E-state index in [1.54, 1.807) is 31.2 Å². The number of non-ortho nitro benzene ring substituents is 1. The molecule has 0 radical (unpaired) electrons. The fraction of sp³-hybridized carbons (Fsp3) is 0.333. The number of aliphatic hydroxyl groups excluding tert-OH is 1. The highest BCUT2D eigenvalue weighted by atomic mass is 16.6. The van der Waals surface area contributed by atoms with Crippen molar-refractivity contribution in [2.24, 2.45) is 0 Å². The summed E-state index contributed by atoms with van der Waals surface area (Å²) in [4.78, 5) is 38.1. The second-order valence-electron chi connectivity index (χ2n) is 7.18. The summed E-state index contributed by atoms with van der Waals surface area (Å²) in [5, 5.41) is 25.0. The maximum Gasteiger partial charge on any atom is 0.338 e. The van der Waals surface area contributed by atoms with E-state index in [2.05, 4.69) is 5.32 Å². The van der Waals surface area contributed by atoms with E-state index in [0.717, 1.165) is 0 Å². The maximum absolute atomic E-state index is 13.6. The minimum Gasteiger partial charge on any atom is -0.464 e. The molecule has 30 heavy (non-hydrogen) atoms. The first-order valence-electron chi connectivity index (χ1n) is 9.54. The zero-order valence-electron chi connectivity index (χ0n) is 16.9. The summed E-state index contributed by atoms with van der Waals surface area (Å²) in [5.41, 5.74) is -0.651. The number of benzene rings is 2. The van der Waals surface area contributed by atoms with Gasteiger partial charge in [-0.1, -0.05) is 18.2 Å². The third-order valence-corrected chi connectivity index (χ3v) is 5.00. The number of esters is 1. The number of fused-ring (bicyclic) bond motifs is 1. The van der Waals surface area contributed by atoms with Crippen LogP contribution in [0.1, 0.15) is 26.3 Å². The van der Waals surface area contributed by atoms with Gasteiger partial charge in [0, 0.05) is 29.4 Å². The number of nitro groups is 1. The molecule has 0 fully saturated rings. The first-order valence-corrected chi connectivity index (χ1v) is 9.54. The number of anilines is 2. The first-order chi connectivity index (χ1) is 14.2. The Morgan fingerprint density at radius 3 is 2.43 bits per heavy atom. The molecule has 1 aliphatic rings. The van der Waals surface area contributed by atoms with Crippen LogP contribution in [-0.2, 0) is 19.9 Å². The number of nitro benzene ring substituents is 1. The van der Waals surface area contributed by atoms with Gasteiger partial charge < -0.3 is 20.1 Å². The van der Waals surface area contributed by atoms with Crippen LogP contribution in [0, 0.1) is 10.1 Å². The second kappa shape index (κ2) is 8.11. The van der Waals surface area contributed by atoms with Crippen molar-refractivity contribution in [2.75, 3.05) is 16.8 Å². The monoisotopic (exact) mass is 413 g/mol. The van der Waals surface area contributed by atoms with E-state index in [0.29, 0.717) is 16.9 Å². The van der Waals surface area contributed by atoms with Crippen molar-refractivity contribution in [1.82, 2.24) is 0 Å². The van der Waals surface area contributed by atoms with Crippen molar-refractivity contribution in [3.8, 4) is 0 Å². The lowest BCUT2D eigenvalue weighted by Crippen LogP contribution is -2.58. The van der Waals surface area contributed by atoms with Gasteiger partial charge in [-0.15, -0.1) is 0 Å². The second-order valence-corrected chi connectivity index (χ2v) is 7.18. The standard InChI is InChI=1S/C21H23N3O6/c1-4-30-19(26)18(25)21(22-14-9-11-15(12-10-14)24(28)29)16-7-5-6-8-17(16)23(13(2)3)20(21)27/h5-13,18,22,25H,4H2,1-3H3/t18-,21+/m1/s1. The average Bonchev–Trinajstić information content (AvgIpc) is 2.97. The Morgan fingerprint density at radius 1 is 1.23 bits per heavy atom. The lowest BCUT2D eigenvalue weighted by molar-refractivity contribution is -0.384. The van der Waals surface area contributed by atoms with Crippen LogP contribution >= 0.6 is 0 Å². The summed E-state index contributed by atoms with van der Waals surface area (Å²) < 4.78 is 5.00. The van der Waals surface area contributed by atoms with Crippen LogP contribution in [0.3, 0.4) is 0 Å². The molecule has 0 spiro atoms. The van der Waals surface area contributed by atoms with Crippen LogP contribution in [0.4, 0.5) is 17.1 Å². The predicted molar refractivity (Wildman–Crippen MR) is 110 cm³/mol. The highest BCUT2D eigenvalue weighted by Gasteiger charge is 2.59. The van der Waals surface area contributed by atoms with E-state index in [-0.39, 0.29) is 18.3 Å². The largest absolute Gasteiger partial charge is 0.464 e. The highest BCUT2D eigenvalue weighted by Crippen LogP contribution is 2.45. The SMILES string of the molecule is CCOC(=O)[C@@H](O)[C@]1(Nc2ccc([N+](=O)[O-])cc2)C(=O)N(C(C)C)c2ccccc21. The number of amides is 1. The van der Waals surface area contributed by atoms with E-state index in [1.807, 2.05) is 13.8 Å². The molecule has 0 bridgehead atoms. The lowest BCUT2D eigenvalue weighted by Gasteiger charge is -2.34. The minimum absolute atomic E-state index is 0.0350. The molecule has 9 heteroatoms. The quantitative estimate of drug-likeness (QED) is 0.406. The number of carbonyl (C=O) groups excluding carboxylic acids is 2. The molecule has 1 heterocycles. The molecular weight excluding hydrogens is 390 g/mol. The van der Waals surface area contributed by atoms with Gasteiger partial charge in [0.2, 0.25) is 0 Å². The zero-order chi connectivity index (χ0) is 22.1. The van der Waals surface area contributed by atoms with Gasteiger partial charge in [-0.05, 0) is 39.0 Å². The maximum atomic E-state index is 13.6. The summed E-state index contributed by atoms with van der Waals surface area (Å²) in [6.45, 7) is 5.29. The molecule has 2 aromatic rings. The van der Waals surface area contributed by atoms with Crippen molar-refractivity contribution in [2.45, 2.75) is 38.5 Å². The molecule has 2 aromatic carbocycles. The van der Waals surface area contributed by atoms with Gasteiger partial charge in [0.15, 0.2) is 11.6 Å². The number of rotatable bonds is 7. The summed E-state index contributed by atoms with van der Waals surface area (Å²) in [6, 6.07) is 12.0. The molecular formula is C21H23N3O6.